The second-order valence-corrected chi connectivity index (χ2v) is 7.33. The second-order valence-electron chi connectivity index (χ2n) is 5.62. The van der Waals surface area contributed by atoms with Crippen LogP contribution in [0.4, 0.5) is 11.5 Å². The number of rotatable bonds is 6. The van der Waals surface area contributed by atoms with Crippen LogP contribution in [-0.2, 0) is 11.2 Å². The third-order valence-electron chi connectivity index (χ3n) is 3.66. The van der Waals surface area contributed by atoms with Gasteiger partial charge in [-0.05, 0) is 68.6 Å². The number of carbonyl (C=O) groups excluding carboxylic acids is 1. The van der Waals surface area contributed by atoms with E-state index in [4.69, 9.17) is 0 Å². The van der Waals surface area contributed by atoms with Crippen LogP contribution in [0.3, 0.4) is 0 Å². The van der Waals surface area contributed by atoms with Gasteiger partial charge in [-0.3, -0.25) is 9.78 Å². The fraction of sp³-hybridized carbons (Fsp3) is 0.158. The van der Waals surface area contributed by atoms with E-state index >= 15 is 0 Å². The third-order valence-corrected chi connectivity index (χ3v) is 5.54. The Balaban J connectivity index is 1.92. The minimum absolute atomic E-state index is 0.0295. The minimum Gasteiger partial charge on any atom is -0.340 e. The zero-order chi connectivity index (χ0) is 18.5. The van der Waals surface area contributed by atoms with E-state index in [1.165, 1.54) is 6.33 Å². The molecule has 7 heteroatoms. The largest absolute Gasteiger partial charge is 0.340 e. The van der Waals surface area contributed by atoms with Gasteiger partial charge in [0.1, 0.15) is 12.1 Å². The summed E-state index contributed by atoms with van der Waals surface area (Å²) in [5, 5.41) is 4.12. The molecule has 0 aliphatic rings. The fourth-order valence-corrected chi connectivity index (χ4v) is 3.02. The van der Waals surface area contributed by atoms with Crippen molar-refractivity contribution in [3.8, 4) is 0 Å². The third kappa shape index (κ3) is 4.53. The van der Waals surface area contributed by atoms with Gasteiger partial charge in [0.2, 0.25) is 0 Å². The molecule has 5 nitrogen and oxygen atoms in total. The van der Waals surface area contributed by atoms with Crippen LogP contribution >= 0.6 is 31.9 Å². The number of ketones is 1. The molecule has 0 aliphatic heterocycles. The Kier molecular flexibility index (Phi) is 6.11. The van der Waals surface area contributed by atoms with Gasteiger partial charge in [0.05, 0.1) is 18.1 Å². The molecular weight excluding hydrogens is 460 g/mol. The summed E-state index contributed by atoms with van der Waals surface area (Å²) in [7, 11) is 0. The molecule has 0 amide bonds. The standard InChI is InChI=1S/C19H16Br2N4O/c1-2-3-4-14(26)7-13-8-15-18(10-22-13)23-11-24-19(15)25-12-5-6-16(20)17(21)9-12/h3-6,8-11H,2,7H2,1H3,(H,23,24,25)/b4-3+. The topological polar surface area (TPSA) is 67.8 Å². The van der Waals surface area contributed by atoms with Gasteiger partial charge in [-0.2, -0.15) is 0 Å². The average molecular weight is 476 g/mol. The molecule has 132 valence electrons. The zero-order valence-electron chi connectivity index (χ0n) is 14.0. The molecule has 0 fully saturated rings. The molecule has 0 bridgehead atoms. The highest BCUT2D eigenvalue weighted by Crippen LogP contribution is 2.29. The van der Waals surface area contributed by atoms with E-state index in [-0.39, 0.29) is 12.2 Å². The Morgan fingerprint density at radius 3 is 2.77 bits per heavy atom. The number of halogens is 2. The van der Waals surface area contributed by atoms with Crippen LogP contribution in [0.25, 0.3) is 10.9 Å². The van der Waals surface area contributed by atoms with Crippen LogP contribution in [0.2, 0.25) is 0 Å². The van der Waals surface area contributed by atoms with Crippen molar-refractivity contribution >= 4 is 60.1 Å². The first-order valence-electron chi connectivity index (χ1n) is 8.08. The highest BCUT2D eigenvalue weighted by molar-refractivity contribution is 9.13. The first kappa shape index (κ1) is 18.7. The molecule has 2 aromatic heterocycles. The molecule has 3 aromatic rings. The highest BCUT2D eigenvalue weighted by atomic mass is 79.9. The molecule has 0 saturated carbocycles. The summed E-state index contributed by atoms with van der Waals surface area (Å²) in [6.07, 6.45) is 7.71. The Hall–Kier alpha value is -2.12. The van der Waals surface area contributed by atoms with Crippen LogP contribution in [0.15, 0.2) is 57.9 Å². The van der Waals surface area contributed by atoms with Gasteiger partial charge in [-0.1, -0.05) is 13.0 Å². The Morgan fingerprint density at radius 1 is 1.15 bits per heavy atom. The Morgan fingerprint density at radius 2 is 2.00 bits per heavy atom. The maximum Gasteiger partial charge on any atom is 0.161 e. The van der Waals surface area contributed by atoms with Crippen molar-refractivity contribution in [1.82, 2.24) is 15.0 Å². The molecule has 0 atom stereocenters. The smallest absolute Gasteiger partial charge is 0.161 e. The number of nitrogens with one attached hydrogen (secondary N) is 1. The predicted molar refractivity (Wildman–Crippen MR) is 111 cm³/mol. The average Bonchev–Trinajstić information content (AvgIpc) is 2.63. The number of anilines is 2. The van der Waals surface area contributed by atoms with Gasteiger partial charge in [-0.25, -0.2) is 9.97 Å². The number of carbonyl (C=O) groups is 1. The summed E-state index contributed by atoms with van der Waals surface area (Å²) >= 11 is 6.95. The molecule has 1 N–H and O–H groups in total. The first-order chi connectivity index (χ1) is 12.6. The lowest BCUT2D eigenvalue weighted by Gasteiger charge is -2.10. The number of pyridine rings is 1. The summed E-state index contributed by atoms with van der Waals surface area (Å²) < 4.78 is 1.91. The lowest BCUT2D eigenvalue weighted by atomic mass is 10.1. The quantitative estimate of drug-likeness (QED) is 0.485. The van der Waals surface area contributed by atoms with Crippen LogP contribution in [0.5, 0.6) is 0 Å². The van der Waals surface area contributed by atoms with E-state index in [2.05, 4.69) is 52.1 Å². The number of aromatic nitrogens is 3. The molecule has 0 unspecified atom stereocenters. The maximum absolute atomic E-state index is 12.0. The molecule has 3 rings (SSSR count). The van der Waals surface area contributed by atoms with Crippen LogP contribution in [0, 0.1) is 0 Å². The molecule has 0 saturated heterocycles. The number of hydrogen-bond donors (Lipinski definition) is 1. The molecule has 0 spiro atoms. The number of hydrogen-bond acceptors (Lipinski definition) is 5. The van der Waals surface area contributed by atoms with Gasteiger partial charge in [0.15, 0.2) is 5.78 Å². The maximum atomic E-state index is 12.0. The van der Waals surface area contributed by atoms with Gasteiger partial charge in [-0.15, -0.1) is 0 Å². The lowest BCUT2D eigenvalue weighted by molar-refractivity contribution is -0.114. The normalized spacial score (nSPS) is 11.2. The van der Waals surface area contributed by atoms with Crippen molar-refractivity contribution in [2.45, 2.75) is 19.8 Å². The highest BCUT2D eigenvalue weighted by Gasteiger charge is 2.09. The van der Waals surface area contributed by atoms with Crippen LogP contribution < -0.4 is 5.32 Å². The zero-order valence-corrected chi connectivity index (χ0v) is 17.2. The summed E-state index contributed by atoms with van der Waals surface area (Å²) in [5.41, 5.74) is 2.30. The van der Waals surface area contributed by atoms with E-state index in [1.807, 2.05) is 37.3 Å². The van der Waals surface area contributed by atoms with Crippen LogP contribution in [0.1, 0.15) is 19.0 Å². The molecular formula is C19H16Br2N4O. The van der Waals surface area contributed by atoms with E-state index < -0.39 is 0 Å². The summed E-state index contributed by atoms with van der Waals surface area (Å²) in [6, 6.07) is 7.72. The number of benzene rings is 1. The second kappa shape index (κ2) is 8.51. The van der Waals surface area contributed by atoms with Crippen molar-refractivity contribution < 1.29 is 4.79 Å². The first-order valence-corrected chi connectivity index (χ1v) is 9.66. The summed E-state index contributed by atoms with van der Waals surface area (Å²) in [5.74, 6) is 0.700. The van der Waals surface area contributed by atoms with Crippen molar-refractivity contribution in [3.05, 3.63) is 63.6 Å². The molecule has 0 aliphatic carbocycles. The van der Waals surface area contributed by atoms with Gasteiger partial charge < -0.3 is 5.32 Å². The van der Waals surface area contributed by atoms with Gasteiger partial charge in [0.25, 0.3) is 0 Å². The van der Waals surface area contributed by atoms with Crippen molar-refractivity contribution in [1.29, 1.82) is 0 Å². The molecule has 2 heterocycles. The SMILES string of the molecule is CC/C=C/C(=O)Cc1cc2c(Nc3ccc(Br)c(Br)c3)ncnc2cn1. The predicted octanol–water partition coefficient (Wildman–Crippen LogP) is 5.37. The summed E-state index contributed by atoms with van der Waals surface area (Å²) in [6.45, 7) is 1.99. The Labute approximate surface area is 168 Å². The Bertz CT molecular complexity index is 988. The van der Waals surface area contributed by atoms with E-state index in [0.717, 1.165) is 32.0 Å². The molecule has 1 aromatic carbocycles. The fourth-order valence-electron chi connectivity index (χ4n) is 2.40. The van der Waals surface area contributed by atoms with Gasteiger partial charge in [0, 0.05) is 25.7 Å². The molecule has 0 radical (unpaired) electrons. The van der Waals surface area contributed by atoms with E-state index in [9.17, 15) is 4.79 Å². The van der Waals surface area contributed by atoms with E-state index in [1.54, 1.807) is 12.3 Å². The number of allylic oxidation sites excluding steroid dienone is 2. The van der Waals surface area contributed by atoms with Gasteiger partial charge >= 0.3 is 0 Å². The lowest BCUT2D eigenvalue weighted by Crippen LogP contribution is -2.02. The van der Waals surface area contributed by atoms with Crippen LogP contribution in [-0.4, -0.2) is 20.7 Å². The molecule has 26 heavy (non-hydrogen) atoms. The number of nitrogens with zero attached hydrogens (tertiary/aromatic N) is 3. The summed E-state index contributed by atoms with van der Waals surface area (Å²) in [4.78, 5) is 24.9. The van der Waals surface area contributed by atoms with E-state index in [0.29, 0.717) is 11.5 Å². The van der Waals surface area contributed by atoms with Crippen molar-refractivity contribution in [2.24, 2.45) is 0 Å². The number of fused-ring (bicyclic) bond motifs is 1. The minimum atomic E-state index is 0.0295. The van der Waals surface area contributed by atoms with Crippen molar-refractivity contribution in [2.75, 3.05) is 5.32 Å². The van der Waals surface area contributed by atoms with Crippen molar-refractivity contribution in [3.63, 3.8) is 0 Å². The monoisotopic (exact) mass is 474 g/mol.